The molecule has 7 heteroatoms. The molecule has 0 fully saturated rings. The average Bonchev–Trinajstić information content (AvgIpc) is 2.55. The predicted molar refractivity (Wildman–Crippen MR) is 81.7 cm³/mol. The molecule has 2 aromatic rings. The summed E-state index contributed by atoms with van der Waals surface area (Å²) < 4.78 is 31.5. The van der Waals surface area contributed by atoms with Crippen molar-refractivity contribution >= 4 is 11.9 Å². The summed E-state index contributed by atoms with van der Waals surface area (Å²) in [6.07, 6.45) is -0.983. The van der Waals surface area contributed by atoms with E-state index in [1.165, 1.54) is 19.1 Å². The Morgan fingerprint density at radius 1 is 1.17 bits per heavy atom. The lowest BCUT2D eigenvalue weighted by Crippen LogP contribution is -2.36. The molecule has 0 saturated carbocycles. The highest BCUT2D eigenvalue weighted by Crippen LogP contribution is 2.19. The molecule has 1 unspecified atom stereocenters. The molecule has 0 aliphatic carbocycles. The van der Waals surface area contributed by atoms with Crippen LogP contribution >= 0.6 is 0 Å². The minimum Gasteiger partial charge on any atom is -0.478 e. The number of carbonyl (C=O) groups is 2. The third kappa shape index (κ3) is 4.52. The topological polar surface area (TPSA) is 75.6 Å². The second kappa shape index (κ2) is 7.54. The zero-order valence-corrected chi connectivity index (χ0v) is 12.8. The zero-order valence-electron chi connectivity index (χ0n) is 12.8. The number of aromatic carboxylic acids is 1. The van der Waals surface area contributed by atoms with Crippen LogP contribution in [-0.4, -0.2) is 23.1 Å². The van der Waals surface area contributed by atoms with Crippen molar-refractivity contribution in [3.8, 4) is 5.75 Å². The lowest BCUT2D eigenvalue weighted by Gasteiger charge is -2.15. The van der Waals surface area contributed by atoms with Crippen molar-refractivity contribution in [1.29, 1.82) is 0 Å². The number of amides is 1. The van der Waals surface area contributed by atoms with E-state index in [0.717, 1.165) is 12.1 Å². The number of rotatable bonds is 6. The highest BCUT2D eigenvalue weighted by atomic mass is 19.1. The van der Waals surface area contributed by atoms with Crippen molar-refractivity contribution in [1.82, 2.24) is 5.32 Å². The lowest BCUT2D eigenvalue weighted by molar-refractivity contribution is -0.127. The summed E-state index contributed by atoms with van der Waals surface area (Å²) in [5.41, 5.74) is 0.849. The Hall–Kier alpha value is -2.96. The third-order valence-electron chi connectivity index (χ3n) is 3.23. The van der Waals surface area contributed by atoms with Crippen molar-refractivity contribution in [3.63, 3.8) is 0 Å². The largest absolute Gasteiger partial charge is 0.478 e. The molecule has 0 bridgehead atoms. The van der Waals surface area contributed by atoms with E-state index in [1.54, 1.807) is 12.1 Å². The van der Waals surface area contributed by atoms with Crippen LogP contribution in [-0.2, 0) is 11.3 Å². The fraction of sp³-hybridized carbons (Fsp3) is 0.176. The van der Waals surface area contributed by atoms with Gasteiger partial charge in [-0.05, 0) is 36.8 Å². The van der Waals surface area contributed by atoms with E-state index in [-0.39, 0.29) is 17.9 Å². The second-order valence-electron chi connectivity index (χ2n) is 5.05. The fourth-order valence-corrected chi connectivity index (χ4v) is 1.91. The summed E-state index contributed by atoms with van der Waals surface area (Å²) in [5, 5.41) is 11.4. The Morgan fingerprint density at radius 2 is 1.83 bits per heavy atom. The Kier molecular flexibility index (Phi) is 5.47. The molecule has 126 valence electrons. The number of hydrogen-bond acceptors (Lipinski definition) is 3. The van der Waals surface area contributed by atoms with Gasteiger partial charge in [0.2, 0.25) is 0 Å². The van der Waals surface area contributed by atoms with Crippen molar-refractivity contribution in [2.75, 3.05) is 0 Å². The van der Waals surface area contributed by atoms with Crippen molar-refractivity contribution in [2.45, 2.75) is 19.6 Å². The van der Waals surface area contributed by atoms with Gasteiger partial charge in [-0.1, -0.05) is 12.1 Å². The van der Waals surface area contributed by atoms with E-state index in [4.69, 9.17) is 9.84 Å². The number of carbonyl (C=O) groups excluding carboxylic acids is 1. The van der Waals surface area contributed by atoms with Crippen LogP contribution in [0.3, 0.4) is 0 Å². The maximum absolute atomic E-state index is 13.5. The summed E-state index contributed by atoms with van der Waals surface area (Å²) in [6.45, 7) is 1.60. The molecular formula is C17H15F2NO4. The summed E-state index contributed by atoms with van der Waals surface area (Å²) in [5.74, 6) is -3.36. The van der Waals surface area contributed by atoms with E-state index in [2.05, 4.69) is 5.32 Å². The van der Waals surface area contributed by atoms with Gasteiger partial charge in [0, 0.05) is 12.6 Å². The molecule has 2 aromatic carbocycles. The van der Waals surface area contributed by atoms with Gasteiger partial charge in [-0.15, -0.1) is 0 Å². The normalized spacial score (nSPS) is 11.6. The van der Waals surface area contributed by atoms with Gasteiger partial charge in [0.1, 0.15) is 5.82 Å². The first-order valence-corrected chi connectivity index (χ1v) is 7.08. The number of halogens is 2. The van der Waals surface area contributed by atoms with Gasteiger partial charge >= 0.3 is 5.97 Å². The average molecular weight is 335 g/mol. The Morgan fingerprint density at radius 3 is 2.42 bits per heavy atom. The molecule has 0 heterocycles. The van der Waals surface area contributed by atoms with Gasteiger partial charge in [-0.25, -0.2) is 13.6 Å². The number of carboxylic acids is 1. The number of hydrogen-bond donors (Lipinski definition) is 2. The summed E-state index contributed by atoms with van der Waals surface area (Å²) in [6, 6.07) is 8.83. The van der Waals surface area contributed by atoms with Gasteiger partial charge in [-0.2, -0.15) is 0 Å². The second-order valence-corrected chi connectivity index (χ2v) is 5.05. The first-order chi connectivity index (χ1) is 11.4. The molecule has 0 aliphatic heterocycles. The van der Waals surface area contributed by atoms with Gasteiger partial charge in [-0.3, -0.25) is 4.79 Å². The van der Waals surface area contributed by atoms with E-state index >= 15 is 0 Å². The lowest BCUT2D eigenvalue weighted by atomic mass is 10.1. The van der Waals surface area contributed by atoms with E-state index < -0.39 is 29.6 Å². The minimum absolute atomic E-state index is 0.147. The van der Waals surface area contributed by atoms with E-state index in [9.17, 15) is 18.4 Å². The van der Waals surface area contributed by atoms with E-state index in [1.807, 2.05) is 0 Å². The van der Waals surface area contributed by atoms with Crippen LogP contribution in [0.15, 0.2) is 42.5 Å². The maximum atomic E-state index is 13.5. The highest BCUT2D eigenvalue weighted by molar-refractivity contribution is 5.87. The maximum Gasteiger partial charge on any atom is 0.335 e. The first kappa shape index (κ1) is 17.4. The molecule has 0 aromatic heterocycles. The Labute approximate surface area is 136 Å². The van der Waals surface area contributed by atoms with Crippen LogP contribution in [0.4, 0.5) is 8.78 Å². The highest BCUT2D eigenvalue weighted by Gasteiger charge is 2.16. The number of carboxylic acid groups (broad SMARTS) is 1. The smallest absolute Gasteiger partial charge is 0.335 e. The first-order valence-electron chi connectivity index (χ1n) is 7.08. The van der Waals surface area contributed by atoms with Gasteiger partial charge in [0.25, 0.3) is 5.91 Å². The van der Waals surface area contributed by atoms with Gasteiger partial charge in [0.15, 0.2) is 17.7 Å². The van der Waals surface area contributed by atoms with Crippen molar-refractivity contribution < 1.29 is 28.2 Å². The molecule has 24 heavy (non-hydrogen) atoms. The molecule has 1 amide bonds. The van der Waals surface area contributed by atoms with Crippen LogP contribution in [0.25, 0.3) is 0 Å². The minimum atomic E-state index is -1.03. The molecule has 2 rings (SSSR count). The monoisotopic (exact) mass is 335 g/mol. The molecule has 5 nitrogen and oxygen atoms in total. The summed E-state index contributed by atoms with van der Waals surface area (Å²) in [4.78, 5) is 22.7. The molecule has 0 spiro atoms. The van der Waals surface area contributed by atoms with Crippen LogP contribution < -0.4 is 10.1 Å². The van der Waals surface area contributed by atoms with Crippen LogP contribution in [0.5, 0.6) is 5.75 Å². The molecular weight excluding hydrogens is 320 g/mol. The van der Waals surface area contributed by atoms with E-state index in [0.29, 0.717) is 11.6 Å². The molecule has 1 atom stereocenters. The molecule has 0 radical (unpaired) electrons. The zero-order chi connectivity index (χ0) is 17.7. The Bertz CT molecular complexity index is 747. The Balaban J connectivity index is 1.90. The van der Waals surface area contributed by atoms with Crippen LogP contribution in [0, 0.1) is 11.6 Å². The fourth-order valence-electron chi connectivity index (χ4n) is 1.91. The number of nitrogens with one attached hydrogen (secondary N) is 1. The summed E-state index contributed by atoms with van der Waals surface area (Å²) >= 11 is 0. The predicted octanol–water partition coefficient (Wildman–Crippen LogP) is 2.75. The summed E-state index contributed by atoms with van der Waals surface area (Å²) in [7, 11) is 0. The standard InChI is InChI=1S/C17H15F2NO4/c1-10(24-15-7-6-13(18)8-14(15)19)16(21)20-9-11-2-4-12(5-3-11)17(22)23/h2-8,10H,9H2,1H3,(H,20,21)(H,22,23). The molecule has 0 aliphatic rings. The number of benzene rings is 2. The SMILES string of the molecule is CC(Oc1ccc(F)cc1F)C(=O)NCc1ccc(C(=O)O)cc1. The van der Waals surface area contributed by atoms with Crippen LogP contribution in [0.2, 0.25) is 0 Å². The quantitative estimate of drug-likeness (QED) is 0.851. The van der Waals surface area contributed by atoms with Gasteiger partial charge in [0.05, 0.1) is 5.56 Å². The molecule has 0 saturated heterocycles. The van der Waals surface area contributed by atoms with Crippen molar-refractivity contribution in [2.24, 2.45) is 0 Å². The third-order valence-corrected chi connectivity index (χ3v) is 3.23. The van der Waals surface area contributed by atoms with Crippen LogP contribution in [0.1, 0.15) is 22.8 Å². The molecule has 2 N–H and O–H groups in total. The van der Waals surface area contributed by atoms with Crippen molar-refractivity contribution in [3.05, 3.63) is 65.2 Å². The number of ether oxygens (including phenoxy) is 1. The van der Waals surface area contributed by atoms with Gasteiger partial charge < -0.3 is 15.2 Å².